The average molecular weight is 453 g/mol. The molecule has 34 heavy (non-hydrogen) atoms. The molecule has 1 aliphatic rings. The van der Waals surface area contributed by atoms with Gasteiger partial charge in [-0.3, -0.25) is 14.9 Å². The quantitative estimate of drug-likeness (QED) is 0.174. The van der Waals surface area contributed by atoms with Crippen molar-refractivity contribution in [2.24, 2.45) is 0 Å². The van der Waals surface area contributed by atoms with Crippen molar-refractivity contribution in [2.75, 3.05) is 13.2 Å². The van der Waals surface area contributed by atoms with Gasteiger partial charge in [0.25, 0.3) is 5.69 Å². The van der Waals surface area contributed by atoms with Crippen molar-refractivity contribution in [3.05, 3.63) is 106 Å². The number of nitro benzene ring substituents is 1. The molecule has 0 radical (unpaired) electrons. The molecule has 0 aliphatic carbocycles. The van der Waals surface area contributed by atoms with E-state index in [1.165, 1.54) is 30.3 Å². The van der Waals surface area contributed by atoms with E-state index < -0.39 is 4.92 Å². The Hall–Kier alpha value is -4.72. The summed E-state index contributed by atoms with van der Waals surface area (Å²) < 4.78 is 13.1. The van der Waals surface area contributed by atoms with Crippen LogP contribution in [0.4, 0.5) is 5.69 Å². The van der Waals surface area contributed by atoms with Crippen molar-refractivity contribution in [3.8, 4) is 28.4 Å². The second-order valence-corrected chi connectivity index (χ2v) is 7.57. The standard InChI is InChI=1S/C26H19N3O5/c30-23(18-6-10-22(11-7-18)29(31)32)12-8-20-17-28(21-4-2-1-3-5-21)27-26(20)19-9-13-24-25(16-19)34-15-14-33-24/h1-13,16-17H,14-15H2. The van der Waals surface area contributed by atoms with Gasteiger partial charge in [-0.05, 0) is 54.6 Å². The van der Waals surface area contributed by atoms with Crippen LogP contribution in [0.2, 0.25) is 0 Å². The highest BCUT2D eigenvalue weighted by atomic mass is 16.6. The molecule has 2 heterocycles. The second kappa shape index (κ2) is 9.03. The van der Waals surface area contributed by atoms with E-state index in [-0.39, 0.29) is 11.5 Å². The SMILES string of the molecule is O=C(C=Cc1cn(-c2ccccc2)nc1-c1ccc2c(c1)OCCO2)c1ccc([N+](=O)[O-])cc1. The molecule has 8 nitrogen and oxygen atoms in total. The molecule has 3 aromatic carbocycles. The van der Waals surface area contributed by atoms with Gasteiger partial charge in [0.05, 0.1) is 10.6 Å². The molecule has 4 aromatic rings. The Morgan fingerprint density at radius 1 is 0.971 bits per heavy atom. The van der Waals surface area contributed by atoms with E-state index in [0.717, 1.165) is 16.8 Å². The zero-order chi connectivity index (χ0) is 23.5. The van der Waals surface area contributed by atoms with Crippen LogP contribution in [0.15, 0.2) is 85.1 Å². The molecule has 0 spiro atoms. The van der Waals surface area contributed by atoms with Crippen LogP contribution in [-0.2, 0) is 0 Å². The number of ketones is 1. The summed E-state index contributed by atoms with van der Waals surface area (Å²) in [7, 11) is 0. The summed E-state index contributed by atoms with van der Waals surface area (Å²) in [5, 5.41) is 15.6. The topological polar surface area (TPSA) is 96.5 Å². The van der Waals surface area contributed by atoms with Crippen molar-refractivity contribution < 1.29 is 19.2 Å². The number of non-ortho nitro benzene ring substituents is 1. The van der Waals surface area contributed by atoms with Gasteiger partial charge in [-0.25, -0.2) is 4.68 Å². The fourth-order valence-corrected chi connectivity index (χ4v) is 3.65. The maximum Gasteiger partial charge on any atom is 0.269 e. The zero-order valence-corrected chi connectivity index (χ0v) is 18.0. The predicted octanol–water partition coefficient (Wildman–Crippen LogP) is 5.11. The summed E-state index contributed by atoms with van der Waals surface area (Å²) in [6.45, 7) is 0.985. The van der Waals surface area contributed by atoms with Crippen LogP contribution in [0.3, 0.4) is 0 Å². The van der Waals surface area contributed by atoms with Crippen LogP contribution in [0.5, 0.6) is 11.5 Å². The molecular formula is C26H19N3O5. The number of carbonyl (C=O) groups excluding carboxylic acids is 1. The maximum absolute atomic E-state index is 12.7. The first kappa shape index (κ1) is 21.1. The van der Waals surface area contributed by atoms with E-state index in [1.807, 2.05) is 54.7 Å². The van der Waals surface area contributed by atoms with Crippen molar-refractivity contribution >= 4 is 17.5 Å². The minimum absolute atomic E-state index is 0.0643. The van der Waals surface area contributed by atoms with Gasteiger partial charge in [0.15, 0.2) is 17.3 Å². The first-order chi connectivity index (χ1) is 16.6. The second-order valence-electron chi connectivity index (χ2n) is 7.57. The summed E-state index contributed by atoms with van der Waals surface area (Å²) in [5.41, 5.74) is 3.40. The Kier molecular flexibility index (Phi) is 5.61. The highest BCUT2D eigenvalue weighted by molar-refractivity contribution is 6.07. The van der Waals surface area contributed by atoms with Crippen molar-refractivity contribution in [3.63, 3.8) is 0 Å². The molecule has 0 saturated carbocycles. The number of carbonyl (C=O) groups is 1. The molecule has 8 heteroatoms. The molecule has 0 N–H and O–H groups in total. The van der Waals surface area contributed by atoms with Gasteiger partial charge in [-0.15, -0.1) is 0 Å². The summed E-state index contributed by atoms with van der Waals surface area (Å²) in [6.07, 6.45) is 4.98. The van der Waals surface area contributed by atoms with Crippen molar-refractivity contribution in [2.45, 2.75) is 0 Å². The van der Waals surface area contributed by atoms with E-state index in [9.17, 15) is 14.9 Å². The van der Waals surface area contributed by atoms with Crippen LogP contribution in [0, 0.1) is 10.1 Å². The first-order valence-corrected chi connectivity index (χ1v) is 10.6. The fourth-order valence-electron chi connectivity index (χ4n) is 3.65. The molecule has 0 bridgehead atoms. The van der Waals surface area contributed by atoms with Gasteiger partial charge >= 0.3 is 0 Å². The largest absolute Gasteiger partial charge is 0.486 e. The minimum Gasteiger partial charge on any atom is -0.486 e. The number of hydrogen-bond acceptors (Lipinski definition) is 6. The fraction of sp³-hybridized carbons (Fsp3) is 0.0769. The van der Waals surface area contributed by atoms with E-state index in [4.69, 9.17) is 14.6 Å². The number of fused-ring (bicyclic) bond motifs is 1. The Morgan fingerprint density at radius 2 is 1.71 bits per heavy atom. The number of nitrogens with zero attached hydrogens (tertiary/aromatic N) is 3. The number of para-hydroxylation sites is 1. The molecule has 5 rings (SSSR count). The van der Waals surface area contributed by atoms with Crippen LogP contribution < -0.4 is 9.47 Å². The summed E-state index contributed by atoms with van der Waals surface area (Å²) in [4.78, 5) is 23.1. The minimum atomic E-state index is -0.498. The van der Waals surface area contributed by atoms with Gasteiger partial charge < -0.3 is 9.47 Å². The summed E-state index contributed by atoms with van der Waals surface area (Å²) in [5.74, 6) is 1.06. The summed E-state index contributed by atoms with van der Waals surface area (Å²) in [6, 6.07) is 20.8. The lowest BCUT2D eigenvalue weighted by Crippen LogP contribution is -2.15. The van der Waals surface area contributed by atoms with E-state index >= 15 is 0 Å². The number of hydrogen-bond donors (Lipinski definition) is 0. The average Bonchev–Trinajstić information content (AvgIpc) is 3.32. The third-order valence-electron chi connectivity index (χ3n) is 5.36. The normalized spacial score (nSPS) is 12.6. The smallest absolute Gasteiger partial charge is 0.269 e. The number of allylic oxidation sites excluding steroid dienone is 1. The Morgan fingerprint density at radius 3 is 2.44 bits per heavy atom. The van der Waals surface area contributed by atoms with Crippen LogP contribution in [-0.4, -0.2) is 33.7 Å². The maximum atomic E-state index is 12.7. The number of nitro groups is 1. The van der Waals surface area contributed by atoms with Crippen LogP contribution >= 0.6 is 0 Å². The number of rotatable bonds is 6. The molecule has 0 saturated heterocycles. The van der Waals surface area contributed by atoms with Crippen molar-refractivity contribution in [1.82, 2.24) is 9.78 Å². The van der Waals surface area contributed by atoms with Crippen LogP contribution in [0.25, 0.3) is 23.0 Å². The molecular weight excluding hydrogens is 434 g/mol. The highest BCUT2D eigenvalue weighted by Gasteiger charge is 2.17. The first-order valence-electron chi connectivity index (χ1n) is 10.6. The van der Waals surface area contributed by atoms with Gasteiger partial charge in [0.2, 0.25) is 0 Å². The Balaban J connectivity index is 1.51. The van der Waals surface area contributed by atoms with E-state index in [1.54, 1.807) is 10.8 Å². The third-order valence-corrected chi connectivity index (χ3v) is 5.36. The van der Waals surface area contributed by atoms with Gasteiger partial charge in [0.1, 0.15) is 18.9 Å². The zero-order valence-electron chi connectivity index (χ0n) is 18.0. The number of ether oxygens (including phenoxy) is 2. The van der Waals surface area contributed by atoms with Gasteiger partial charge in [0, 0.05) is 35.0 Å². The predicted molar refractivity (Wildman–Crippen MR) is 126 cm³/mol. The van der Waals surface area contributed by atoms with E-state index in [2.05, 4.69) is 0 Å². The molecule has 168 valence electrons. The van der Waals surface area contributed by atoms with Gasteiger partial charge in [-0.2, -0.15) is 5.10 Å². The lowest BCUT2D eigenvalue weighted by Gasteiger charge is -2.18. The molecule has 1 aromatic heterocycles. The van der Waals surface area contributed by atoms with Crippen molar-refractivity contribution in [1.29, 1.82) is 0 Å². The molecule has 0 unspecified atom stereocenters. The van der Waals surface area contributed by atoms with Crippen LogP contribution in [0.1, 0.15) is 15.9 Å². The van der Waals surface area contributed by atoms with E-state index in [0.29, 0.717) is 36.0 Å². The number of benzene rings is 3. The lowest BCUT2D eigenvalue weighted by atomic mass is 10.1. The molecule has 1 aliphatic heterocycles. The third kappa shape index (κ3) is 4.29. The molecule has 0 fully saturated rings. The Bertz CT molecular complexity index is 1390. The highest BCUT2D eigenvalue weighted by Crippen LogP contribution is 2.35. The number of aromatic nitrogens is 2. The molecule has 0 amide bonds. The lowest BCUT2D eigenvalue weighted by molar-refractivity contribution is -0.384. The summed E-state index contributed by atoms with van der Waals surface area (Å²) >= 11 is 0. The Labute approximate surface area is 194 Å². The molecule has 0 atom stereocenters. The monoisotopic (exact) mass is 453 g/mol. The van der Waals surface area contributed by atoms with Gasteiger partial charge in [-0.1, -0.05) is 18.2 Å².